The molecule has 0 spiro atoms. The summed E-state index contributed by atoms with van der Waals surface area (Å²) in [6, 6.07) is 28.1. The molecule has 0 N–H and O–H groups in total. The van der Waals surface area contributed by atoms with E-state index in [1.165, 1.54) is 52.6 Å². The molecule has 0 aliphatic heterocycles. The normalized spacial score (nSPS) is 10.4. The number of hydrogen-bond donors (Lipinski definition) is 0. The van der Waals surface area contributed by atoms with Crippen LogP contribution in [0, 0.1) is 6.07 Å². The number of hydrogen-bond acceptors (Lipinski definition) is 0. The number of allylic oxidation sites excluding steroid dienone is 1. The summed E-state index contributed by atoms with van der Waals surface area (Å²) in [6.45, 7) is 5.84. The molecule has 4 rings (SSSR count). The van der Waals surface area contributed by atoms with Gasteiger partial charge < -0.3 is 0 Å². The molecule has 0 saturated heterocycles. The van der Waals surface area contributed by atoms with Gasteiger partial charge in [-0.2, -0.15) is 48.0 Å². The first kappa shape index (κ1) is 19.6. The molecular weight excluding hydrogens is 467 g/mol. The third-order valence-electron chi connectivity index (χ3n) is 3.90. The second kappa shape index (κ2) is 11.0. The van der Waals surface area contributed by atoms with E-state index in [0.717, 1.165) is 12.8 Å². The van der Waals surface area contributed by atoms with Gasteiger partial charge in [0.25, 0.3) is 0 Å². The van der Waals surface area contributed by atoms with Crippen LogP contribution >= 0.6 is 0 Å². The molecule has 0 saturated carbocycles. The van der Waals surface area contributed by atoms with Crippen molar-refractivity contribution in [3.05, 3.63) is 103 Å². The third-order valence-corrected chi connectivity index (χ3v) is 4.79. The standard InChI is InChI=1S/C13H9.C6H10.C5H5.Hf/c1-3-7-12-10(5-1)9-11-6-2-4-8-13(11)12;1-3-5-6-4-2;1-2-4-5-3-1;/h1-5,7-8H,9H2;3H,1,5-6H2,2H3;1-5H;/q-1;;-1;+2. The molecule has 1 aliphatic rings. The zero-order valence-corrected chi connectivity index (χ0v) is 18.4. The zero-order valence-electron chi connectivity index (χ0n) is 14.8. The first-order chi connectivity index (χ1) is 12.2. The van der Waals surface area contributed by atoms with Gasteiger partial charge in [-0.1, -0.05) is 35.4 Å². The maximum atomic E-state index is 3.63. The minimum absolute atomic E-state index is 1.05. The third kappa shape index (κ3) is 6.59. The molecule has 124 valence electrons. The van der Waals surface area contributed by atoms with E-state index < -0.39 is 0 Å². The Balaban J connectivity index is 0.000000159. The summed E-state index contributed by atoms with van der Waals surface area (Å²) in [5.74, 6) is 0. The minimum Gasteiger partial charge on any atom is -0.214 e. The van der Waals surface area contributed by atoms with Gasteiger partial charge >= 0.3 is 59.6 Å². The number of rotatable bonds is 3. The van der Waals surface area contributed by atoms with E-state index >= 15 is 0 Å². The average molecular weight is 491 g/mol. The molecule has 0 heterocycles. The van der Waals surface area contributed by atoms with Crippen LogP contribution in [-0.4, -0.2) is 3.26 Å². The Bertz CT molecular complexity index is 721. The number of benzene rings is 2. The Morgan fingerprint density at radius 2 is 1.84 bits per heavy atom. The first-order valence-electron chi connectivity index (χ1n) is 8.62. The Hall–Kier alpha value is -1.73. The Labute approximate surface area is 166 Å². The van der Waals surface area contributed by atoms with Crippen LogP contribution in [0.3, 0.4) is 0 Å². The summed E-state index contributed by atoms with van der Waals surface area (Å²) < 4.78 is 1.62. The Morgan fingerprint density at radius 3 is 2.44 bits per heavy atom. The van der Waals surface area contributed by atoms with E-state index in [1.54, 1.807) is 3.26 Å². The van der Waals surface area contributed by atoms with Crippen molar-refractivity contribution in [1.82, 2.24) is 0 Å². The zero-order chi connectivity index (χ0) is 17.9. The maximum Gasteiger partial charge on any atom is -0.0253 e. The van der Waals surface area contributed by atoms with Gasteiger partial charge in [0.15, 0.2) is 0 Å². The molecule has 0 radical (unpaired) electrons. The van der Waals surface area contributed by atoms with E-state index in [2.05, 4.69) is 56.0 Å². The topological polar surface area (TPSA) is 0 Å². The fourth-order valence-electron chi connectivity index (χ4n) is 2.64. The van der Waals surface area contributed by atoms with E-state index in [1.807, 2.05) is 42.5 Å². The molecule has 3 aromatic rings. The number of fused-ring (bicyclic) bond motifs is 3. The van der Waals surface area contributed by atoms with Gasteiger partial charge in [-0.3, -0.25) is 0 Å². The van der Waals surface area contributed by atoms with E-state index in [9.17, 15) is 0 Å². The van der Waals surface area contributed by atoms with Crippen LogP contribution in [0.1, 0.15) is 30.9 Å². The molecule has 1 aliphatic carbocycles. The van der Waals surface area contributed by atoms with Crippen LogP contribution in [0.25, 0.3) is 11.1 Å². The molecule has 0 amide bonds. The van der Waals surface area contributed by atoms with Crippen molar-refractivity contribution in [2.45, 2.75) is 26.2 Å². The summed E-state index contributed by atoms with van der Waals surface area (Å²) in [4.78, 5) is 0. The largest absolute Gasteiger partial charge is 0.214 e. The van der Waals surface area contributed by atoms with Gasteiger partial charge in [0.05, 0.1) is 0 Å². The van der Waals surface area contributed by atoms with Crippen LogP contribution in [0.15, 0.2) is 85.5 Å². The monoisotopic (exact) mass is 492 g/mol. The van der Waals surface area contributed by atoms with Crippen LogP contribution in [0.4, 0.5) is 0 Å². The maximum absolute atomic E-state index is 3.63. The van der Waals surface area contributed by atoms with Crippen molar-refractivity contribution in [3.8, 4) is 11.1 Å². The Morgan fingerprint density at radius 1 is 1.12 bits per heavy atom. The summed E-state index contributed by atoms with van der Waals surface area (Å²) >= 11 is 1.25. The molecule has 0 atom stereocenters. The van der Waals surface area contributed by atoms with E-state index in [-0.39, 0.29) is 0 Å². The molecule has 25 heavy (non-hydrogen) atoms. The SMILES string of the molecule is C=CCC[C](C)=[Hf+2].[c-]1cccc2c1Cc1ccccc1-2.c1cc[cH-]c1. The molecule has 1 heteroatoms. The fourth-order valence-corrected chi connectivity index (χ4v) is 3.16. The summed E-state index contributed by atoms with van der Waals surface area (Å²) in [5.41, 5.74) is 5.51. The Kier molecular flexibility index (Phi) is 8.62. The quantitative estimate of drug-likeness (QED) is 0.183. The summed E-state index contributed by atoms with van der Waals surface area (Å²) in [7, 11) is 0. The predicted molar refractivity (Wildman–Crippen MR) is 106 cm³/mol. The fraction of sp³-hybridized carbons (Fsp3) is 0.167. The molecule has 3 aromatic carbocycles. The average Bonchev–Trinajstić information content (AvgIpc) is 3.31. The van der Waals surface area contributed by atoms with Gasteiger partial charge in [-0.25, -0.2) is 12.1 Å². The van der Waals surface area contributed by atoms with Gasteiger partial charge in [0.2, 0.25) is 0 Å². The van der Waals surface area contributed by atoms with Crippen molar-refractivity contribution in [2.24, 2.45) is 0 Å². The van der Waals surface area contributed by atoms with Gasteiger partial charge in [0.1, 0.15) is 0 Å². The van der Waals surface area contributed by atoms with E-state index in [0.29, 0.717) is 0 Å². The van der Waals surface area contributed by atoms with Crippen LogP contribution in [-0.2, 0) is 30.3 Å². The van der Waals surface area contributed by atoms with Crippen LogP contribution < -0.4 is 0 Å². The first-order valence-corrected chi connectivity index (χ1v) is 10.4. The van der Waals surface area contributed by atoms with Gasteiger partial charge in [-0.05, 0) is 6.42 Å². The molecule has 0 aromatic heterocycles. The molecular formula is C24H24Hf. The summed E-state index contributed by atoms with van der Waals surface area (Å²) in [6.07, 6.45) is 5.44. The second-order valence-corrected chi connectivity index (χ2v) is 9.03. The van der Waals surface area contributed by atoms with Crippen molar-refractivity contribution in [3.63, 3.8) is 0 Å². The predicted octanol–water partition coefficient (Wildman–Crippen LogP) is 6.16. The van der Waals surface area contributed by atoms with Crippen LogP contribution in [0.5, 0.6) is 0 Å². The summed E-state index contributed by atoms with van der Waals surface area (Å²) in [5, 5.41) is 0. The molecule has 0 unspecified atom stereocenters. The van der Waals surface area contributed by atoms with Gasteiger partial charge in [0, 0.05) is 0 Å². The second-order valence-electron chi connectivity index (χ2n) is 5.97. The van der Waals surface area contributed by atoms with Crippen molar-refractivity contribution in [2.75, 3.05) is 0 Å². The smallest absolute Gasteiger partial charge is 0.0253 e. The minimum atomic E-state index is 1.05. The molecule has 0 bridgehead atoms. The van der Waals surface area contributed by atoms with Crippen molar-refractivity contribution < 1.29 is 23.9 Å². The van der Waals surface area contributed by atoms with Crippen molar-refractivity contribution in [1.29, 1.82) is 0 Å². The van der Waals surface area contributed by atoms with Gasteiger partial charge in [-0.15, -0.1) is 5.56 Å². The van der Waals surface area contributed by atoms with Crippen molar-refractivity contribution >= 4 is 3.26 Å². The molecule has 0 nitrogen and oxygen atoms in total. The van der Waals surface area contributed by atoms with E-state index in [4.69, 9.17) is 0 Å². The van der Waals surface area contributed by atoms with Crippen LogP contribution in [0.2, 0.25) is 0 Å². The molecule has 0 fully saturated rings.